The van der Waals surface area contributed by atoms with Crippen molar-refractivity contribution in [2.24, 2.45) is 5.92 Å². The summed E-state index contributed by atoms with van der Waals surface area (Å²) >= 11 is 1.34. The Morgan fingerprint density at radius 1 is 1.26 bits per heavy atom. The predicted octanol–water partition coefficient (Wildman–Crippen LogP) is 4.08. The van der Waals surface area contributed by atoms with Crippen molar-refractivity contribution in [3.8, 4) is 0 Å². The van der Waals surface area contributed by atoms with Crippen LogP contribution < -0.4 is 0 Å². The largest absolute Gasteiger partial charge is 0.461 e. The number of carbonyl (C=O) groups is 2. The topological polar surface area (TPSA) is 59.5 Å². The summed E-state index contributed by atoms with van der Waals surface area (Å²) in [6.45, 7) is 7.19. The zero-order valence-electron chi connectivity index (χ0n) is 15.9. The summed E-state index contributed by atoms with van der Waals surface area (Å²) in [6.07, 6.45) is 1.07. The van der Waals surface area contributed by atoms with E-state index in [1.54, 1.807) is 29.3 Å². The quantitative estimate of drug-likeness (QED) is 0.604. The number of benzene rings is 1. The number of hydrogen-bond acceptors (Lipinski definition) is 5. The zero-order valence-corrected chi connectivity index (χ0v) is 16.7. The Morgan fingerprint density at radius 2 is 1.96 bits per heavy atom. The van der Waals surface area contributed by atoms with Gasteiger partial charge in [0.25, 0.3) is 0 Å². The molecular weight excluding hydrogens is 367 g/mol. The maximum atomic E-state index is 13.1. The summed E-state index contributed by atoms with van der Waals surface area (Å²) in [6, 6.07) is 5.95. The van der Waals surface area contributed by atoms with E-state index in [4.69, 9.17) is 4.74 Å². The van der Waals surface area contributed by atoms with Gasteiger partial charge in [-0.3, -0.25) is 4.79 Å². The molecule has 0 N–H and O–H groups in total. The fourth-order valence-corrected chi connectivity index (χ4v) is 3.22. The Hall–Kier alpha value is -2.28. The molecule has 0 aliphatic carbocycles. The Bertz CT molecular complexity index is 759. The fourth-order valence-electron chi connectivity index (χ4n) is 2.44. The molecule has 146 valence electrons. The molecule has 1 aromatic heterocycles. The Morgan fingerprint density at radius 3 is 2.59 bits per heavy atom. The van der Waals surface area contributed by atoms with Gasteiger partial charge in [0.1, 0.15) is 10.8 Å². The molecule has 0 radical (unpaired) electrons. The fraction of sp³-hybridized carbons (Fsp3) is 0.450. The Kier molecular flexibility index (Phi) is 7.91. The minimum Gasteiger partial charge on any atom is -0.461 e. The molecule has 0 aliphatic heterocycles. The third-order valence-electron chi connectivity index (χ3n) is 3.96. The van der Waals surface area contributed by atoms with Crippen LogP contribution in [0.2, 0.25) is 0 Å². The third kappa shape index (κ3) is 6.75. The van der Waals surface area contributed by atoms with E-state index in [-0.39, 0.29) is 23.8 Å². The van der Waals surface area contributed by atoms with Gasteiger partial charge < -0.3 is 9.64 Å². The highest BCUT2D eigenvalue weighted by molar-refractivity contribution is 7.09. The van der Waals surface area contributed by atoms with Crippen molar-refractivity contribution in [2.45, 2.75) is 40.2 Å². The highest BCUT2D eigenvalue weighted by atomic mass is 32.1. The molecule has 0 fully saturated rings. The van der Waals surface area contributed by atoms with Gasteiger partial charge in [0.2, 0.25) is 5.91 Å². The van der Waals surface area contributed by atoms with Crippen LogP contribution in [0.3, 0.4) is 0 Å². The third-order valence-corrected chi connectivity index (χ3v) is 4.79. The minimum absolute atomic E-state index is 0.0462. The molecule has 27 heavy (non-hydrogen) atoms. The first-order valence-corrected chi connectivity index (χ1v) is 9.90. The SMILES string of the molecule is CCOC(=O)c1csc(CN(CCC(C)C)C(=O)Cc2ccc(F)cc2)n1. The lowest BCUT2D eigenvalue weighted by molar-refractivity contribution is -0.131. The minimum atomic E-state index is -0.452. The number of aromatic nitrogens is 1. The summed E-state index contributed by atoms with van der Waals surface area (Å²) in [5.74, 6) is -0.365. The van der Waals surface area contributed by atoms with Gasteiger partial charge in [-0.05, 0) is 37.0 Å². The standard InChI is InChI=1S/C20H25FN2O3S/c1-4-26-20(25)17-13-27-18(22-17)12-23(10-9-14(2)3)19(24)11-15-5-7-16(21)8-6-15/h5-8,13-14H,4,9-12H2,1-3H3. The van der Waals surface area contributed by atoms with Crippen molar-refractivity contribution in [2.75, 3.05) is 13.2 Å². The van der Waals surface area contributed by atoms with Crippen LogP contribution >= 0.6 is 11.3 Å². The predicted molar refractivity (Wildman–Crippen MR) is 103 cm³/mol. The van der Waals surface area contributed by atoms with Crippen LogP contribution in [0.4, 0.5) is 4.39 Å². The molecule has 0 spiro atoms. The van der Waals surface area contributed by atoms with Crippen LogP contribution in [0.1, 0.15) is 48.3 Å². The van der Waals surface area contributed by atoms with Gasteiger partial charge in [-0.15, -0.1) is 11.3 Å². The molecule has 0 atom stereocenters. The molecule has 0 bridgehead atoms. The lowest BCUT2D eigenvalue weighted by Gasteiger charge is -2.23. The molecule has 0 saturated carbocycles. The number of ether oxygens (including phenoxy) is 1. The number of rotatable bonds is 9. The van der Waals surface area contributed by atoms with Crippen LogP contribution in [0.25, 0.3) is 0 Å². The molecule has 0 saturated heterocycles. The molecule has 1 heterocycles. The second-order valence-corrected chi connectivity index (χ2v) is 7.59. The van der Waals surface area contributed by atoms with Crippen molar-refractivity contribution in [3.63, 3.8) is 0 Å². The second kappa shape index (κ2) is 10.2. The van der Waals surface area contributed by atoms with E-state index < -0.39 is 5.97 Å². The summed E-state index contributed by atoms with van der Waals surface area (Å²) in [4.78, 5) is 30.6. The van der Waals surface area contributed by atoms with Crippen LogP contribution in [-0.2, 0) is 22.5 Å². The molecule has 0 unspecified atom stereocenters. The average molecular weight is 392 g/mol. The van der Waals surface area contributed by atoms with Gasteiger partial charge in [-0.25, -0.2) is 14.2 Å². The monoisotopic (exact) mass is 392 g/mol. The number of amides is 1. The molecule has 5 nitrogen and oxygen atoms in total. The first-order valence-electron chi connectivity index (χ1n) is 9.02. The summed E-state index contributed by atoms with van der Waals surface area (Å²) in [5, 5.41) is 2.34. The summed E-state index contributed by atoms with van der Waals surface area (Å²) in [7, 11) is 0. The lowest BCUT2D eigenvalue weighted by atomic mass is 10.1. The Balaban J connectivity index is 2.07. The van der Waals surface area contributed by atoms with Gasteiger partial charge in [-0.1, -0.05) is 26.0 Å². The number of hydrogen-bond donors (Lipinski definition) is 0. The van der Waals surface area contributed by atoms with Gasteiger partial charge in [0.15, 0.2) is 5.69 Å². The number of halogens is 1. The van der Waals surface area contributed by atoms with Gasteiger partial charge in [-0.2, -0.15) is 0 Å². The summed E-state index contributed by atoms with van der Waals surface area (Å²) in [5.41, 5.74) is 1.04. The second-order valence-electron chi connectivity index (χ2n) is 6.65. The van der Waals surface area contributed by atoms with Crippen molar-refractivity contribution in [1.82, 2.24) is 9.88 Å². The lowest BCUT2D eigenvalue weighted by Crippen LogP contribution is -2.33. The molecule has 2 aromatic rings. The van der Waals surface area contributed by atoms with Crippen molar-refractivity contribution in [1.29, 1.82) is 0 Å². The van der Waals surface area contributed by atoms with E-state index >= 15 is 0 Å². The van der Waals surface area contributed by atoms with Crippen molar-refractivity contribution >= 4 is 23.2 Å². The number of nitrogens with zero attached hydrogens (tertiary/aromatic N) is 2. The molecule has 0 aliphatic rings. The highest BCUT2D eigenvalue weighted by Crippen LogP contribution is 2.16. The van der Waals surface area contributed by atoms with Gasteiger partial charge in [0, 0.05) is 11.9 Å². The van der Waals surface area contributed by atoms with Crippen LogP contribution in [0, 0.1) is 11.7 Å². The van der Waals surface area contributed by atoms with Crippen molar-refractivity contribution < 1.29 is 18.7 Å². The highest BCUT2D eigenvalue weighted by Gasteiger charge is 2.18. The van der Waals surface area contributed by atoms with Crippen LogP contribution in [0.15, 0.2) is 29.6 Å². The van der Waals surface area contributed by atoms with E-state index in [0.29, 0.717) is 30.6 Å². The average Bonchev–Trinajstić information content (AvgIpc) is 3.09. The molecule has 1 amide bonds. The zero-order chi connectivity index (χ0) is 19.8. The van der Waals surface area contributed by atoms with E-state index in [1.165, 1.54) is 23.5 Å². The number of thiazole rings is 1. The van der Waals surface area contributed by atoms with Gasteiger partial charge in [0.05, 0.1) is 19.6 Å². The van der Waals surface area contributed by atoms with Crippen LogP contribution in [-0.4, -0.2) is 34.9 Å². The first-order chi connectivity index (χ1) is 12.9. The molecule has 2 rings (SSSR count). The maximum absolute atomic E-state index is 13.1. The summed E-state index contributed by atoms with van der Waals surface area (Å²) < 4.78 is 18.0. The van der Waals surface area contributed by atoms with E-state index in [9.17, 15) is 14.0 Å². The van der Waals surface area contributed by atoms with E-state index in [1.807, 2.05) is 0 Å². The Labute approximate surface area is 163 Å². The molecule has 7 heteroatoms. The maximum Gasteiger partial charge on any atom is 0.357 e. The normalized spacial score (nSPS) is 10.9. The van der Waals surface area contributed by atoms with Crippen LogP contribution in [0.5, 0.6) is 0 Å². The smallest absolute Gasteiger partial charge is 0.357 e. The number of esters is 1. The number of carbonyl (C=O) groups excluding carboxylic acids is 2. The van der Waals surface area contributed by atoms with Gasteiger partial charge >= 0.3 is 5.97 Å². The van der Waals surface area contributed by atoms with Crippen molar-refractivity contribution in [3.05, 3.63) is 51.7 Å². The van der Waals surface area contributed by atoms with E-state index in [0.717, 1.165) is 12.0 Å². The molecular formula is C20H25FN2O3S. The first kappa shape index (κ1) is 21.0. The van der Waals surface area contributed by atoms with E-state index in [2.05, 4.69) is 18.8 Å². The molecule has 1 aromatic carbocycles.